The second-order valence-corrected chi connectivity index (χ2v) is 6.65. The van der Waals surface area contributed by atoms with E-state index in [4.69, 9.17) is 0 Å². The van der Waals surface area contributed by atoms with Crippen LogP contribution >= 0.6 is 0 Å². The molecule has 3 heteroatoms. The minimum atomic E-state index is 0.485. The Bertz CT molecular complexity index is 473. The Morgan fingerprint density at radius 1 is 1.24 bits per heavy atom. The Morgan fingerprint density at radius 3 is 2.81 bits per heavy atom. The monoisotopic (exact) mass is 287 g/mol. The Balaban J connectivity index is 1.85. The first-order valence-electron chi connectivity index (χ1n) is 8.44. The molecule has 0 saturated carbocycles. The molecule has 1 aliphatic carbocycles. The highest BCUT2D eigenvalue weighted by Gasteiger charge is 2.38. The number of rotatable bonds is 3. The molecule has 1 N–H and O–H groups in total. The summed E-state index contributed by atoms with van der Waals surface area (Å²) in [5.41, 5.74) is 3.05. The molecule has 1 heterocycles. The van der Waals surface area contributed by atoms with Gasteiger partial charge in [-0.2, -0.15) is 0 Å². The number of hydrogen-bond donors (Lipinski definition) is 1. The number of benzene rings is 1. The number of fused-ring (bicyclic) bond motifs is 1. The average molecular weight is 287 g/mol. The molecule has 2 aliphatic rings. The van der Waals surface area contributed by atoms with Crippen LogP contribution < -0.4 is 5.32 Å². The second kappa shape index (κ2) is 6.47. The molecule has 1 aliphatic heterocycles. The Morgan fingerprint density at radius 2 is 2.05 bits per heavy atom. The quantitative estimate of drug-likeness (QED) is 0.920. The zero-order valence-electron chi connectivity index (χ0n) is 13.7. The SMILES string of the molecule is CCC1CN(C)CCCN1C1Cc2ccccc2C1NC. The van der Waals surface area contributed by atoms with Crippen LogP contribution in [0.3, 0.4) is 0 Å². The van der Waals surface area contributed by atoms with Gasteiger partial charge in [0.1, 0.15) is 0 Å². The van der Waals surface area contributed by atoms with Crippen molar-refractivity contribution in [1.82, 2.24) is 15.1 Å². The van der Waals surface area contributed by atoms with Gasteiger partial charge in [0.25, 0.3) is 0 Å². The lowest BCUT2D eigenvalue weighted by Crippen LogP contribution is -2.49. The van der Waals surface area contributed by atoms with E-state index in [-0.39, 0.29) is 0 Å². The maximum atomic E-state index is 3.59. The Kier molecular flexibility index (Phi) is 4.63. The fourth-order valence-electron chi connectivity index (χ4n) is 4.29. The second-order valence-electron chi connectivity index (χ2n) is 6.65. The van der Waals surface area contributed by atoms with E-state index < -0.39 is 0 Å². The van der Waals surface area contributed by atoms with Gasteiger partial charge in [0, 0.05) is 31.2 Å². The molecule has 1 aromatic rings. The first kappa shape index (κ1) is 15.0. The summed E-state index contributed by atoms with van der Waals surface area (Å²) in [5.74, 6) is 0. The van der Waals surface area contributed by atoms with E-state index in [1.54, 1.807) is 0 Å². The van der Waals surface area contributed by atoms with Crippen LogP contribution in [0.15, 0.2) is 24.3 Å². The fourth-order valence-corrected chi connectivity index (χ4v) is 4.29. The number of hydrogen-bond acceptors (Lipinski definition) is 3. The molecule has 0 spiro atoms. The Labute approximate surface area is 129 Å². The summed E-state index contributed by atoms with van der Waals surface area (Å²) >= 11 is 0. The molecule has 1 aromatic carbocycles. The number of nitrogens with one attached hydrogen (secondary N) is 1. The summed E-state index contributed by atoms with van der Waals surface area (Å²) in [6.07, 6.45) is 3.73. The highest BCUT2D eigenvalue weighted by atomic mass is 15.3. The molecular weight excluding hydrogens is 258 g/mol. The van der Waals surface area contributed by atoms with Crippen molar-refractivity contribution in [3.63, 3.8) is 0 Å². The van der Waals surface area contributed by atoms with E-state index in [0.717, 1.165) is 0 Å². The zero-order chi connectivity index (χ0) is 14.8. The molecule has 3 rings (SSSR count). The largest absolute Gasteiger partial charge is 0.312 e. The summed E-state index contributed by atoms with van der Waals surface area (Å²) in [5, 5.41) is 3.59. The van der Waals surface area contributed by atoms with Crippen LogP contribution in [-0.4, -0.2) is 55.6 Å². The molecule has 0 radical (unpaired) electrons. The predicted octanol–water partition coefficient (Wildman–Crippen LogP) is 2.29. The number of likely N-dealkylation sites (N-methyl/N-ethyl adjacent to an activating group) is 2. The third-order valence-corrected chi connectivity index (χ3v) is 5.36. The zero-order valence-corrected chi connectivity index (χ0v) is 13.7. The summed E-state index contributed by atoms with van der Waals surface area (Å²) in [6.45, 7) is 6.02. The van der Waals surface area contributed by atoms with E-state index >= 15 is 0 Å². The van der Waals surface area contributed by atoms with Gasteiger partial charge in [0.05, 0.1) is 0 Å². The highest BCUT2D eigenvalue weighted by Crippen LogP contribution is 2.36. The van der Waals surface area contributed by atoms with Gasteiger partial charge < -0.3 is 10.2 Å². The molecule has 3 unspecified atom stereocenters. The predicted molar refractivity (Wildman–Crippen MR) is 88.6 cm³/mol. The molecule has 3 atom stereocenters. The topological polar surface area (TPSA) is 18.5 Å². The smallest absolute Gasteiger partial charge is 0.0481 e. The first-order valence-corrected chi connectivity index (χ1v) is 8.44. The van der Waals surface area contributed by atoms with Crippen molar-refractivity contribution in [2.24, 2.45) is 0 Å². The van der Waals surface area contributed by atoms with Crippen molar-refractivity contribution >= 4 is 0 Å². The average Bonchev–Trinajstić information content (AvgIpc) is 2.76. The van der Waals surface area contributed by atoms with Crippen molar-refractivity contribution in [3.8, 4) is 0 Å². The lowest BCUT2D eigenvalue weighted by atomic mass is 10.0. The first-order chi connectivity index (χ1) is 10.2. The van der Waals surface area contributed by atoms with Crippen LogP contribution in [0.1, 0.15) is 36.9 Å². The van der Waals surface area contributed by atoms with Gasteiger partial charge in [-0.1, -0.05) is 31.2 Å². The van der Waals surface area contributed by atoms with Gasteiger partial charge in [-0.3, -0.25) is 4.90 Å². The summed E-state index contributed by atoms with van der Waals surface area (Å²) < 4.78 is 0. The van der Waals surface area contributed by atoms with Crippen molar-refractivity contribution in [3.05, 3.63) is 35.4 Å². The molecule has 0 amide bonds. The third-order valence-electron chi connectivity index (χ3n) is 5.36. The van der Waals surface area contributed by atoms with Gasteiger partial charge in [0.15, 0.2) is 0 Å². The minimum absolute atomic E-state index is 0.485. The van der Waals surface area contributed by atoms with E-state index in [1.807, 2.05) is 0 Å². The molecule has 21 heavy (non-hydrogen) atoms. The standard InChI is InChI=1S/C18H29N3/c1-4-15-13-20(3)10-7-11-21(15)17-12-14-8-5-6-9-16(14)18(17)19-2/h5-6,8-9,15,17-19H,4,7,10-13H2,1-3H3. The van der Waals surface area contributed by atoms with Crippen LogP contribution in [-0.2, 0) is 6.42 Å². The summed E-state index contributed by atoms with van der Waals surface area (Å²) in [7, 11) is 4.38. The van der Waals surface area contributed by atoms with Gasteiger partial charge in [-0.05, 0) is 51.0 Å². The molecule has 3 nitrogen and oxygen atoms in total. The van der Waals surface area contributed by atoms with Crippen molar-refractivity contribution in [1.29, 1.82) is 0 Å². The van der Waals surface area contributed by atoms with Gasteiger partial charge in [-0.25, -0.2) is 0 Å². The lowest BCUT2D eigenvalue weighted by Gasteiger charge is -2.38. The van der Waals surface area contributed by atoms with Gasteiger partial charge in [-0.15, -0.1) is 0 Å². The fraction of sp³-hybridized carbons (Fsp3) is 0.667. The molecule has 0 bridgehead atoms. The van der Waals surface area contributed by atoms with Crippen molar-refractivity contribution in [2.75, 3.05) is 33.7 Å². The van der Waals surface area contributed by atoms with E-state index in [2.05, 4.69) is 60.4 Å². The van der Waals surface area contributed by atoms with E-state index in [0.29, 0.717) is 18.1 Å². The van der Waals surface area contributed by atoms with Gasteiger partial charge >= 0.3 is 0 Å². The maximum Gasteiger partial charge on any atom is 0.0481 e. The van der Waals surface area contributed by atoms with Crippen molar-refractivity contribution < 1.29 is 0 Å². The highest BCUT2D eigenvalue weighted by molar-refractivity contribution is 5.37. The van der Waals surface area contributed by atoms with Crippen LogP contribution in [0.5, 0.6) is 0 Å². The van der Waals surface area contributed by atoms with Crippen LogP contribution in [0.4, 0.5) is 0 Å². The van der Waals surface area contributed by atoms with E-state index in [9.17, 15) is 0 Å². The number of nitrogens with zero attached hydrogens (tertiary/aromatic N) is 2. The van der Waals surface area contributed by atoms with Crippen molar-refractivity contribution in [2.45, 2.75) is 44.3 Å². The minimum Gasteiger partial charge on any atom is -0.312 e. The van der Waals surface area contributed by atoms with Crippen LogP contribution in [0.25, 0.3) is 0 Å². The lowest BCUT2D eigenvalue weighted by molar-refractivity contribution is 0.110. The third kappa shape index (κ3) is 2.87. The molecule has 116 valence electrons. The van der Waals surface area contributed by atoms with Gasteiger partial charge in [0.2, 0.25) is 0 Å². The maximum absolute atomic E-state index is 3.59. The molecule has 1 fully saturated rings. The Hall–Kier alpha value is -0.900. The molecule has 0 aromatic heterocycles. The van der Waals surface area contributed by atoms with E-state index in [1.165, 1.54) is 50.0 Å². The van der Waals surface area contributed by atoms with Crippen LogP contribution in [0.2, 0.25) is 0 Å². The molecular formula is C18H29N3. The van der Waals surface area contributed by atoms with Crippen LogP contribution in [0, 0.1) is 0 Å². The normalized spacial score (nSPS) is 31.1. The summed E-state index contributed by atoms with van der Waals surface area (Å²) in [6, 6.07) is 10.8. The molecule has 1 saturated heterocycles. The summed E-state index contributed by atoms with van der Waals surface area (Å²) in [4.78, 5) is 5.30.